The lowest BCUT2D eigenvalue weighted by molar-refractivity contribution is -0.141. The Balaban J connectivity index is 1.87. The van der Waals surface area contributed by atoms with Crippen molar-refractivity contribution in [3.05, 3.63) is 75.5 Å². The minimum atomic E-state index is -0.427. The highest BCUT2D eigenvalue weighted by atomic mass is 35.5. The number of rotatable bonds is 3. The third-order valence-corrected chi connectivity index (χ3v) is 6.19. The van der Waals surface area contributed by atoms with Crippen LogP contribution in [-0.2, 0) is 16.1 Å². The number of carbonyl (C=O) groups is 2. The van der Waals surface area contributed by atoms with Gasteiger partial charge in [0, 0.05) is 10.6 Å². The fourth-order valence-corrected chi connectivity index (χ4v) is 4.45. The van der Waals surface area contributed by atoms with Crippen molar-refractivity contribution in [2.75, 3.05) is 7.11 Å². The molecule has 146 valence electrons. The minimum absolute atomic E-state index is 0.0541. The first kappa shape index (κ1) is 19.4. The number of aromatic nitrogens is 1. The van der Waals surface area contributed by atoms with E-state index < -0.39 is 5.97 Å². The molecule has 0 fully saturated rings. The molecular weight excluding hydrogens is 408 g/mol. The Hall–Kier alpha value is -2.96. The minimum Gasteiger partial charge on any atom is -0.468 e. The maximum atomic E-state index is 12.9. The normalized spacial score (nSPS) is 11.9. The third kappa shape index (κ3) is 3.69. The van der Waals surface area contributed by atoms with Crippen molar-refractivity contribution in [3.63, 3.8) is 0 Å². The molecule has 0 bridgehead atoms. The molecule has 4 aromatic rings. The summed E-state index contributed by atoms with van der Waals surface area (Å²) in [4.78, 5) is 29.6. The van der Waals surface area contributed by atoms with E-state index in [1.165, 1.54) is 18.4 Å². The molecule has 0 atom stereocenters. The summed E-state index contributed by atoms with van der Waals surface area (Å²) in [5.41, 5.74) is 2.09. The number of hydrogen-bond acceptors (Lipinski definition) is 4. The average Bonchev–Trinajstić information content (AvgIpc) is 3.07. The maximum Gasteiger partial charge on any atom is 0.325 e. The zero-order valence-corrected chi connectivity index (χ0v) is 17.4. The Morgan fingerprint density at radius 1 is 1.10 bits per heavy atom. The molecule has 5 nitrogen and oxygen atoms in total. The summed E-state index contributed by atoms with van der Waals surface area (Å²) in [6, 6.07) is 17.0. The van der Waals surface area contributed by atoms with Crippen molar-refractivity contribution in [2.24, 2.45) is 4.99 Å². The predicted molar refractivity (Wildman–Crippen MR) is 115 cm³/mol. The molecule has 0 saturated carbocycles. The average molecular weight is 425 g/mol. The molecule has 0 unspecified atom stereocenters. The number of esters is 1. The van der Waals surface area contributed by atoms with Crippen molar-refractivity contribution in [1.29, 1.82) is 0 Å². The van der Waals surface area contributed by atoms with Gasteiger partial charge in [0.2, 0.25) is 0 Å². The molecule has 7 heteroatoms. The summed E-state index contributed by atoms with van der Waals surface area (Å²) in [6.45, 7) is 1.82. The molecule has 0 aliphatic carbocycles. The predicted octanol–water partition coefficient (Wildman–Crippen LogP) is 4.73. The van der Waals surface area contributed by atoms with Crippen LogP contribution in [-0.4, -0.2) is 23.6 Å². The van der Waals surface area contributed by atoms with E-state index in [-0.39, 0.29) is 12.5 Å². The van der Waals surface area contributed by atoms with Gasteiger partial charge in [0.1, 0.15) is 6.54 Å². The van der Waals surface area contributed by atoms with E-state index in [1.807, 2.05) is 49.4 Å². The Bertz CT molecular complexity index is 1340. The molecule has 0 spiro atoms. The van der Waals surface area contributed by atoms with E-state index in [0.29, 0.717) is 15.4 Å². The number of nitrogens with zero attached hydrogens (tertiary/aromatic N) is 2. The monoisotopic (exact) mass is 424 g/mol. The highest BCUT2D eigenvalue weighted by Crippen LogP contribution is 2.27. The number of hydrogen-bond donors (Lipinski definition) is 0. The Morgan fingerprint density at radius 3 is 2.62 bits per heavy atom. The maximum absolute atomic E-state index is 12.9. The Labute approximate surface area is 175 Å². The number of halogens is 1. The SMILES string of the molecule is COC(=O)Cn1c(=NC(=O)c2ccc3ccccc3c2)sc2ccc(Cl)c(C)c21. The van der Waals surface area contributed by atoms with E-state index in [0.717, 1.165) is 26.6 Å². The van der Waals surface area contributed by atoms with Gasteiger partial charge in [-0.2, -0.15) is 4.99 Å². The third-order valence-electron chi connectivity index (χ3n) is 4.74. The van der Waals surface area contributed by atoms with Crippen molar-refractivity contribution >= 4 is 55.8 Å². The summed E-state index contributed by atoms with van der Waals surface area (Å²) >= 11 is 7.61. The van der Waals surface area contributed by atoms with Crippen LogP contribution in [0.4, 0.5) is 0 Å². The Morgan fingerprint density at radius 2 is 1.86 bits per heavy atom. The highest BCUT2D eigenvalue weighted by Gasteiger charge is 2.15. The molecular formula is C22H17ClN2O3S. The fourth-order valence-electron chi connectivity index (χ4n) is 3.21. The van der Waals surface area contributed by atoms with Gasteiger partial charge >= 0.3 is 5.97 Å². The lowest BCUT2D eigenvalue weighted by Gasteiger charge is -2.07. The van der Waals surface area contributed by atoms with Gasteiger partial charge in [-0.05, 0) is 47.5 Å². The molecule has 1 heterocycles. The van der Waals surface area contributed by atoms with Gasteiger partial charge in [0.05, 0.1) is 17.3 Å². The molecule has 0 saturated heterocycles. The van der Waals surface area contributed by atoms with Crippen LogP contribution < -0.4 is 4.80 Å². The standard InChI is InChI=1S/C22H17ClN2O3S/c1-13-17(23)9-10-18-20(13)25(12-19(26)28-2)22(29-18)24-21(27)16-8-7-14-5-3-4-6-15(14)11-16/h3-11H,12H2,1-2H3. The Kier molecular flexibility index (Phi) is 5.22. The first-order valence-corrected chi connectivity index (χ1v) is 10.1. The molecule has 0 N–H and O–H groups in total. The number of thiazole rings is 1. The number of fused-ring (bicyclic) bond motifs is 2. The second-order valence-electron chi connectivity index (χ2n) is 6.54. The number of ether oxygens (including phenoxy) is 1. The van der Waals surface area contributed by atoms with Crippen molar-refractivity contribution in [3.8, 4) is 0 Å². The molecule has 4 rings (SSSR count). The number of benzene rings is 3. The van der Waals surface area contributed by atoms with Gasteiger partial charge in [-0.15, -0.1) is 0 Å². The molecule has 1 aromatic heterocycles. The van der Waals surface area contributed by atoms with Gasteiger partial charge in [-0.3, -0.25) is 9.59 Å². The first-order valence-electron chi connectivity index (χ1n) is 8.91. The van der Waals surface area contributed by atoms with Crippen LogP contribution in [0.25, 0.3) is 21.0 Å². The van der Waals surface area contributed by atoms with Gasteiger partial charge in [0.15, 0.2) is 4.80 Å². The van der Waals surface area contributed by atoms with Crippen molar-refractivity contribution < 1.29 is 14.3 Å². The molecule has 1 amide bonds. The molecule has 0 aliphatic rings. The van der Waals surface area contributed by atoms with E-state index in [9.17, 15) is 9.59 Å². The zero-order chi connectivity index (χ0) is 20.5. The zero-order valence-electron chi connectivity index (χ0n) is 15.8. The van der Waals surface area contributed by atoms with Gasteiger partial charge in [0.25, 0.3) is 5.91 Å². The number of aryl methyl sites for hydroxylation is 1. The smallest absolute Gasteiger partial charge is 0.325 e. The number of carbonyl (C=O) groups excluding carboxylic acids is 2. The largest absolute Gasteiger partial charge is 0.468 e. The van der Waals surface area contributed by atoms with Crippen LogP contribution in [0.15, 0.2) is 59.6 Å². The summed E-state index contributed by atoms with van der Waals surface area (Å²) in [5, 5.41) is 2.60. The highest BCUT2D eigenvalue weighted by molar-refractivity contribution is 7.16. The summed E-state index contributed by atoms with van der Waals surface area (Å²) in [6.07, 6.45) is 0. The van der Waals surface area contributed by atoms with Gasteiger partial charge < -0.3 is 9.30 Å². The van der Waals surface area contributed by atoms with Crippen molar-refractivity contribution in [2.45, 2.75) is 13.5 Å². The van der Waals surface area contributed by atoms with E-state index in [4.69, 9.17) is 16.3 Å². The van der Waals surface area contributed by atoms with Crippen LogP contribution in [0.3, 0.4) is 0 Å². The fraction of sp³-hybridized carbons (Fsp3) is 0.136. The summed E-state index contributed by atoms with van der Waals surface area (Å²) in [7, 11) is 1.33. The lowest BCUT2D eigenvalue weighted by Crippen LogP contribution is -2.22. The van der Waals surface area contributed by atoms with E-state index in [2.05, 4.69) is 4.99 Å². The van der Waals surface area contributed by atoms with Crippen LogP contribution in [0, 0.1) is 6.92 Å². The van der Waals surface area contributed by atoms with Crippen LogP contribution >= 0.6 is 22.9 Å². The quantitative estimate of drug-likeness (QED) is 0.446. The number of amides is 1. The van der Waals surface area contributed by atoms with E-state index in [1.54, 1.807) is 16.7 Å². The topological polar surface area (TPSA) is 60.7 Å². The van der Waals surface area contributed by atoms with Crippen molar-refractivity contribution in [1.82, 2.24) is 4.57 Å². The summed E-state index contributed by atoms with van der Waals surface area (Å²) < 4.78 is 7.40. The molecule has 29 heavy (non-hydrogen) atoms. The number of methoxy groups -OCH3 is 1. The first-order chi connectivity index (χ1) is 14.0. The van der Waals surface area contributed by atoms with Gasteiger partial charge in [-0.1, -0.05) is 53.3 Å². The van der Waals surface area contributed by atoms with Crippen LogP contribution in [0.1, 0.15) is 15.9 Å². The second kappa shape index (κ2) is 7.81. The molecule has 0 aliphatic heterocycles. The summed E-state index contributed by atoms with van der Waals surface area (Å²) in [5.74, 6) is -0.798. The molecule has 0 radical (unpaired) electrons. The molecule has 3 aromatic carbocycles. The lowest BCUT2D eigenvalue weighted by atomic mass is 10.1. The van der Waals surface area contributed by atoms with Gasteiger partial charge in [-0.25, -0.2) is 0 Å². The second-order valence-corrected chi connectivity index (χ2v) is 7.96. The van der Waals surface area contributed by atoms with E-state index >= 15 is 0 Å². The van der Waals surface area contributed by atoms with Crippen LogP contribution in [0.2, 0.25) is 5.02 Å². The van der Waals surface area contributed by atoms with Crippen LogP contribution in [0.5, 0.6) is 0 Å².